The summed E-state index contributed by atoms with van der Waals surface area (Å²) in [6.07, 6.45) is 4.32. The van der Waals surface area contributed by atoms with Crippen LogP contribution in [0.3, 0.4) is 0 Å². The zero-order valence-electron chi connectivity index (χ0n) is 20.3. The summed E-state index contributed by atoms with van der Waals surface area (Å²) in [6, 6.07) is 0.172. The Morgan fingerprint density at radius 3 is 2.52 bits per heavy atom. The molecule has 3 atom stereocenters. The Morgan fingerprint density at radius 2 is 1.90 bits per heavy atom. The summed E-state index contributed by atoms with van der Waals surface area (Å²) in [5.41, 5.74) is -0.188. The van der Waals surface area contributed by atoms with Gasteiger partial charge in [0.1, 0.15) is 0 Å². The Hall–Kier alpha value is -1.22. The average molecular weight is 439 g/mol. The molecule has 0 unspecified atom stereocenters. The van der Waals surface area contributed by atoms with Crippen LogP contribution in [-0.4, -0.2) is 98.0 Å². The van der Waals surface area contributed by atoms with Gasteiger partial charge in [-0.1, -0.05) is 6.92 Å². The summed E-state index contributed by atoms with van der Waals surface area (Å²) < 4.78 is 11.9. The van der Waals surface area contributed by atoms with Crippen molar-refractivity contribution in [2.24, 2.45) is 11.8 Å². The Morgan fingerprint density at radius 1 is 1.23 bits per heavy atom. The highest BCUT2D eigenvalue weighted by Crippen LogP contribution is 2.45. The topological polar surface area (TPSA) is 74.4 Å². The molecule has 8 heteroatoms. The lowest BCUT2D eigenvalue weighted by Gasteiger charge is -2.49. The van der Waals surface area contributed by atoms with Gasteiger partial charge in [0.15, 0.2) is 5.79 Å². The molecular formula is C23H42N4O4. The van der Waals surface area contributed by atoms with Crippen LogP contribution in [-0.2, 0) is 14.3 Å². The minimum Gasteiger partial charge on any atom is -0.348 e. The van der Waals surface area contributed by atoms with E-state index in [1.807, 2.05) is 21.0 Å². The van der Waals surface area contributed by atoms with Gasteiger partial charge in [0.25, 0.3) is 0 Å². The normalized spacial score (nSPS) is 28.5. The third-order valence-electron chi connectivity index (χ3n) is 7.60. The van der Waals surface area contributed by atoms with E-state index in [4.69, 9.17) is 9.47 Å². The van der Waals surface area contributed by atoms with Gasteiger partial charge in [0, 0.05) is 44.1 Å². The predicted molar refractivity (Wildman–Crippen MR) is 120 cm³/mol. The highest BCUT2D eigenvalue weighted by Gasteiger charge is 2.49. The summed E-state index contributed by atoms with van der Waals surface area (Å²) in [7, 11) is 6.09. The number of urea groups is 1. The van der Waals surface area contributed by atoms with Gasteiger partial charge in [-0.25, -0.2) is 4.79 Å². The lowest BCUT2D eigenvalue weighted by atomic mass is 9.72. The van der Waals surface area contributed by atoms with Crippen molar-refractivity contribution in [1.29, 1.82) is 0 Å². The number of piperidine rings is 1. The molecule has 0 aromatic carbocycles. The molecule has 3 rings (SSSR count). The summed E-state index contributed by atoms with van der Waals surface area (Å²) in [5.74, 6) is -0.341. The number of hydrogen-bond acceptors (Lipinski definition) is 6. The van der Waals surface area contributed by atoms with Crippen molar-refractivity contribution in [3.05, 3.63) is 0 Å². The molecule has 8 nitrogen and oxygen atoms in total. The monoisotopic (exact) mass is 438 g/mol. The number of carbonyl (C=O) groups excluding carboxylic acids is 2. The molecule has 0 radical (unpaired) electrons. The maximum Gasteiger partial charge on any atom is 0.324 e. The number of fused-ring (bicyclic) bond motifs is 1. The summed E-state index contributed by atoms with van der Waals surface area (Å²) in [4.78, 5) is 32.3. The van der Waals surface area contributed by atoms with Crippen molar-refractivity contribution in [3.8, 4) is 0 Å². The Kier molecular flexibility index (Phi) is 7.66. The predicted octanol–water partition coefficient (Wildman–Crippen LogP) is 2.14. The minimum atomic E-state index is -0.453. The SMILES string of the molecule is CCCN(C(=O)NCC(C)(C)N(C)C)C(=O)[C@@H]1C[C@@H]2CC3(CC[C@H]2N(C)C1)OCCO3. The van der Waals surface area contributed by atoms with E-state index < -0.39 is 5.79 Å². The molecule has 2 saturated heterocycles. The van der Waals surface area contributed by atoms with Crippen LogP contribution in [0.15, 0.2) is 0 Å². The third kappa shape index (κ3) is 5.41. The first-order valence-corrected chi connectivity index (χ1v) is 11.8. The molecule has 0 aromatic rings. The van der Waals surface area contributed by atoms with Gasteiger partial charge in [0.05, 0.1) is 19.1 Å². The zero-order chi connectivity index (χ0) is 22.8. The third-order valence-corrected chi connectivity index (χ3v) is 7.60. The van der Waals surface area contributed by atoms with Crippen LogP contribution in [0.4, 0.5) is 4.79 Å². The van der Waals surface area contributed by atoms with E-state index in [9.17, 15) is 9.59 Å². The maximum atomic E-state index is 13.5. The first kappa shape index (κ1) is 24.4. The lowest BCUT2D eigenvalue weighted by Crippen LogP contribution is -2.58. The Bertz CT molecular complexity index is 647. The second-order valence-electron chi connectivity index (χ2n) is 10.4. The first-order valence-electron chi connectivity index (χ1n) is 11.8. The van der Waals surface area contributed by atoms with Gasteiger partial charge in [-0.05, 0) is 60.2 Å². The maximum absolute atomic E-state index is 13.5. The van der Waals surface area contributed by atoms with E-state index >= 15 is 0 Å². The molecule has 1 saturated carbocycles. The Balaban J connectivity index is 1.66. The standard InChI is InChI=1S/C23H42N4O4/c1-7-10-27(21(29)24-16-22(2,3)25(4)5)20(28)18-13-17-14-23(30-11-12-31-23)9-8-19(17)26(6)15-18/h17-19H,7-16H2,1-6H3,(H,24,29)/t17-,18-,19-/m1/s1. The van der Waals surface area contributed by atoms with Crippen LogP contribution in [0.1, 0.15) is 52.9 Å². The molecule has 1 spiro atoms. The number of imide groups is 1. The van der Waals surface area contributed by atoms with Crippen LogP contribution in [0.2, 0.25) is 0 Å². The fourth-order valence-electron chi connectivity index (χ4n) is 5.22. The summed E-state index contributed by atoms with van der Waals surface area (Å²) >= 11 is 0. The highest BCUT2D eigenvalue weighted by atomic mass is 16.7. The number of hydrogen-bond donors (Lipinski definition) is 1. The van der Waals surface area contributed by atoms with Crippen molar-refractivity contribution in [2.45, 2.75) is 70.2 Å². The number of carbonyl (C=O) groups is 2. The van der Waals surface area contributed by atoms with Gasteiger partial charge in [-0.2, -0.15) is 0 Å². The molecule has 0 aromatic heterocycles. The van der Waals surface area contributed by atoms with E-state index in [1.165, 1.54) is 4.90 Å². The lowest BCUT2D eigenvalue weighted by molar-refractivity contribution is -0.202. The fourth-order valence-corrected chi connectivity index (χ4v) is 5.22. The molecule has 3 aliphatic rings. The quantitative estimate of drug-likeness (QED) is 0.685. The van der Waals surface area contributed by atoms with E-state index in [0.717, 1.165) is 32.1 Å². The number of rotatable bonds is 6. The molecule has 2 aliphatic heterocycles. The smallest absolute Gasteiger partial charge is 0.324 e. The first-order chi connectivity index (χ1) is 14.6. The fraction of sp³-hybridized carbons (Fsp3) is 0.913. The number of nitrogens with zero attached hydrogens (tertiary/aromatic N) is 3. The molecular weight excluding hydrogens is 396 g/mol. The van der Waals surface area contributed by atoms with Crippen LogP contribution in [0.25, 0.3) is 0 Å². The second-order valence-corrected chi connectivity index (χ2v) is 10.4. The number of likely N-dealkylation sites (N-methyl/N-ethyl adjacent to an activating group) is 1. The van der Waals surface area contributed by atoms with Crippen molar-refractivity contribution < 1.29 is 19.1 Å². The van der Waals surface area contributed by atoms with Gasteiger partial charge >= 0.3 is 6.03 Å². The van der Waals surface area contributed by atoms with Crippen molar-refractivity contribution in [2.75, 3.05) is 54.0 Å². The molecule has 178 valence electrons. The van der Waals surface area contributed by atoms with Crippen molar-refractivity contribution >= 4 is 11.9 Å². The van der Waals surface area contributed by atoms with Gasteiger partial charge < -0.3 is 24.6 Å². The highest BCUT2D eigenvalue weighted by molar-refractivity contribution is 5.95. The molecule has 2 heterocycles. The summed E-state index contributed by atoms with van der Waals surface area (Å²) in [6.45, 7) is 9.08. The van der Waals surface area contributed by atoms with E-state index in [2.05, 4.69) is 36.0 Å². The van der Waals surface area contributed by atoms with Crippen LogP contribution >= 0.6 is 0 Å². The molecule has 1 N–H and O–H groups in total. The van der Waals surface area contributed by atoms with Crippen LogP contribution in [0.5, 0.6) is 0 Å². The number of nitrogens with one attached hydrogen (secondary N) is 1. The van der Waals surface area contributed by atoms with Gasteiger partial charge in [0.2, 0.25) is 5.91 Å². The van der Waals surface area contributed by atoms with E-state index in [-0.39, 0.29) is 23.4 Å². The van der Waals surface area contributed by atoms with E-state index in [0.29, 0.717) is 44.8 Å². The largest absolute Gasteiger partial charge is 0.348 e. The van der Waals surface area contributed by atoms with Crippen LogP contribution < -0.4 is 5.32 Å². The number of ether oxygens (including phenoxy) is 2. The van der Waals surface area contributed by atoms with Crippen molar-refractivity contribution in [1.82, 2.24) is 20.0 Å². The molecule has 3 fully saturated rings. The van der Waals surface area contributed by atoms with Gasteiger partial charge in [-0.3, -0.25) is 9.69 Å². The average Bonchev–Trinajstić information content (AvgIpc) is 3.16. The Labute approximate surface area is 187 Å². The minimum absolute atomic E-state index is 0.0554. The molecule has 0 bridgehead atoms. The molecule has 1 aliphatic carbocycles. The van der Waals surface area contributed by atoms with Crippen LogP contribution in [0, 0.1) is 11.8 Å². The number of likely N-dealkylation sites (tertiary alicyclic amines) is 1. The second kappa shape index (κ2) is 9.73. The molecule has 31 heavy (non-hydrogen) atoms. The molecule has 3 amide bonds. The van der Waals surface area contributed by atoms with Crippen molar-refractivity contribution in [3.63, 3.8) is 0 Å². The van der Waals surface area contributed by atoms with Gasteiger partial charge in [-0.15, -0.1) is 0 Å². The van der Waals surface area contributed by atoms with E-state index in [1.54, 1.807) is 0 Å². The zero-order valence-corrected chi connectivity index (χ0v) is 20.3. The summed E-state index contributed by atoms with van der Waals surface area (Å²) in [5, 5.41) is 2.99. The number of amides is 3.